The number of methoxy groups -OCH3 is 1. The van der Waals surface area contributed by atoms with Crippen LogP contribution < -0.4 is 0 Å². The Labute approximate surface area is 105 Å². The van der Waals surface area contributed by atoms with E-state index in [1.165, 1.54) is 7.11 Å². The predicted molar refractivity (Wildman–Crippen MR) is 68.2 cm³/mol. The molecule has 3 heteroatoms. The van der Waals surface area contributed by atoms with Gasteiger partial charge in [-0.1, -0.05) is 48.0 Å². The van der Waals surface area contributed by atoms with Crippen molar-refractivity contribution in [2.24, 2.45) is 11.8 Å². The standard InChI is InChI=1S/C13H17BrO2/c1-9(2)11(13(15)16-3)8-10-6-4-5-7-12(10)14/h4-7,9,11H,8H2,1-3H3. The van der Waals surface area contributed by atoms with Crippen molar-refractivity contribution >= 4 is 21.9 Å². The van der Waals surface area contributed by atoms with E-state index in [2.05, 4.69) is 15.9 Å². The highest BCUT2D eigenvalue weighted by atomic mass is 79.9. The van der Waals surface area contributed by atoms with Crippen LogP contribution in [-0.4, -0.2) is 13.1 Å². The Morgan fingerprint density at radius 1 is 1.38 bits per heavy atom. The molecule has 0 saturated heterocycles. The summed E-state index contributed by atoms with van der Waals surface area (Å²) >= 11 is 3.49. The van der Waals surface area contributed by atoms with Gasteiger partial charge in [-0.25, -0.2) is 0 Å². The molecule has 2 nitrogen and oxygen atoms in total. The van der Waals surface area contributed by atoms with E-state index in [9.17, 15) is 4.79 Å². The summed E-state index contributed by atoms with van der Waals surface area (Å²) in [6.45, 7) is 4.08. The molecule has 0 amide bonds. The van der Waals surface area contributed by atoms with Crippen molar-refractivity contribution in [1.82, 2.24) is 0 Å². The van der Waals surface area contributed by atoms with E-state index >= 15 is 0 Å². The Morgan fingerprint density at radius 2 is 2.00 bits per heavy atom. The first-order chi connectivity index (χ1) is 7.56. The molecule has 1 unspecified atom stereocenters. The van der Waals surface area contributed by atoms with Gasteiger partial charge in [0.2, 0.25) is 0 Å². The van der Waals surface area contributed by atoms with E-state index in [4.69, 9.17) is 4.74 Å². The average molecular weight is 285 g/mol. The lowest BCUT2D eigenvalue weighted by Gasteiger charge is -2.18. The molecule has 1 aromatic rings. The summed E-state index contributed by atoms with van der Waals surface area (Å²) in [6.07, 6.45) is 0.714. The van der Waals surface area contributed by atoms with Gasteiger partial charge in [0.15, 0.2) is 0 Å². The minimum Gasteiger partial charge on any atom is -0.469 e. The maximum atomic E-state index is 11.6. The molecule has 0 aromatic heterocycles. The fourth-order valence-electron chi connectivity index (χ4n) is 1.64. The molecule has 0 heterocycles. The van der Waals surface area contributed by atoms with Gasteiger partial charge in [-0.15, -0.1) is 0 Å². The van der Waals surface area contributed by atoms with Crippen molar-refractivity contribution in [3.05, 3.63) is 34.3 Å². The molecule has 0 fully saturated rings. The van der Waals surface area contributed by atoms with Gasteiger partial charge in [-0.05, 0) is 24.0 Å². The first kappa shape index (κ1) is 13.2. The van der Waals surface area contributed by atoms with E-state index in [0.717, 1.165) is 10.0 Å². The van der Waals surface area contributed by atoms with Gasteiger partial charge in [0.05, 0.1) is 13.0 Å². The van der Waals surface area contributed by atoms with Crippen molar-refractivity contribution in [3.8, 4) is 0 Å². The summed E-state index contributed by atoms with van der Waals surface area (Å²) < 4.78 is 5.88. The lowest BCUT2D eigenvalue weighted by molar-refractivity contribution is -0.146. The third-order valence-electron chi connectivity index (χ3n) is 2.71. The molecule has 0 radical (unpaired) electrons. The highest BCUT2D eigenvalue weighted by Gasteiger charge is 2.23. The molecular formula is C13H17BrO2. The molecule has 88 valence electrons. The Kier molecular flexibility index (Phi) is 5.00. The van der Waals surface area contributed by atoms with Gasteiger partial charge in [0.1, 0.15) is 0 Å². The number of rotatable bonds is 4. The number of ether oxygens (including phenoxy) is 1. The molecule has 1 aromatic carbocycles. The molecule has 1 rings (SSSR count). The van der Waals surface area contributed by atoms with Crippen LogP contribution in [0.15, 0.2) is 28.7 Å². The number of hydrogen-bond donors (Lipinski definition) is 0. The smallest absolute Gasteiger partial charge is 0.309 e. The second-order valence-corrected chi connectivity index (χ2v) is 5.02. The minimum absolute atomic E-state index is 0.0799. The van der Waals surface area contributed by atoms with Gasteiger partial charge < -0.3 is 4.74 Å². The van der Waals surface area contributed by atoms with E-state index in [1.54, 1.807) is 0 Å². The molecule has 0 aliphatic rings. The van der Waals surface area contributed by atoms with E-state index in [0.29, 0.717) is 6.42 Å². The first-order valence-electron chi connectivity index (χ1n) is 5.37. The number of carbonyl (C=O) groups is 1. The monoisotopic (exact) mass is 284 g/mol. The molecule has 1 atom stereocenters. The van der Waals surface area contributed by atoms with Gasteiger partial charge in [-0.3, -0.25) is 4.79 Å². The van der Waals surface area contributed by atoms with Gasteiger partial charge in [0, 0.05) is 4.47 Å². The van der Waals surface area contributed by atoms with Crippen LogP contribution in [-0.2, 0) is 16.0 Å². The van der Waals surface area contributed by atoms with Crippen LogP contribution in [0.1, 0.15) is 19.4 Å². The number of esters is 1. The summed E-state index contributed by atoms with van der Waals surface area (Å²) in [6, 6.07) is 7.97. The first-order valence-corrected chi connectivity index (χ1v) is 6.16. The molecule has 0 spiro atoms. The van der Waals surface area contributed by atoms with Gasteiger partial charge in [-0.2, -0.15) is 0 Å². The highest BCUT2D eigenvalue weighted by Crippen LogP contribution is 2.24. The van der Waals surface area contributed by atoms with Crippen LogP contribution in [0.4, 0.5) is 0 Å². The predicted octanol–water partition coefficient (Wildman–Crippen LogP) is 3.44. The molecule has 0 saturated carbocycles. The summed E-state index contributed by atoms with van der Waals surface area (Å²) in [5.41, 5.74) is 1.15. The van der Waals surface area contributed by atoms with Crippen LogP contribution >= 0.6 is 15.9 Å². The summed E-state index contributed by atoms with van der Waals surface area (Å²) in [4.78, 5) is 11.6. The zero-order valence-corrected chi connectivity index (χ0v) is 11.5. The zero-order chi connectivity index (χ0) is 12.1. The Hall–Kier alpha value is -0.830. The van der Waals surface area contributed by atoms with Crippen molar-refractivity contribution in [2.45, 2.75) is 20.3 Å². The van der Waals surface area contributed by atoms with E-state index < -0.39 is 0 Å². The number of halogens is 1. The minimum atomic E-state index is -0.134. The summed E-state index contributed by atoms with van der Waals surface area (Å²) in [7, 11) is 1.44. The second-order valence-electron chi connectivity index (χ2n) is 4.17. The normalized spacial score (nSPS) is 12.6. The zero-order valence-electron chi connectivity index (χ0n) is 9.87. The molecule has 0 aliphatic heterocycles. The summed E-state index contributed by atoms with van der Waals surface area (Å²) in [5.74, 6) is 0.0639. The Balaban J connectivity index is 2.84. The average Bonchev–Trinajstić information content (AvgIpc) is 2.26. The van der Waals surface area contributed by atoms with Crippen LogP contribution in [0.5, 0.6) is 0 Å². The van der Waals surface area contributed by atoms with Gasteiger partial charge >= 0.3 is 5.97 Å². The molecule has 0 bridgehead atoms. The maximum Gasteiger partial charge on any atom is 0.309 e. The van der Waals surface area contributed by atoms with Crippen LogP contribution in [0, 0.1) is 11.8 Å². The van der Waals surface area contributed by atoms with Crippen molar-refractivity contribution < 1.29 is 9.53 Å². The molecule has 16 heavy (non-hydrogen) atoms. The second kappa shape index (κ2) is 6.04. The fourth-order valence-corrected chi connectivity index (χ4v) is 2.09. The van der Waals surface area contributed by atoms with Crippen LogP contribution in [0.3, 0.4) is 0 Å². The Morgan fingerprint density at radius 3 is 2.50 bits per heavy atom. The SMILES string of the molecule is COC(=O)C(Cc1ccccc1Br)C(C)C. The van der Waals surface area contributed by atoms with Crippen LogP contribution in [0.2, 0.25) is 0 Å². The Bertz CT molecular complexity index is 361. The number of hydrogen-bond acceptors (Lipinski definition) is 2. The maximum absolute atomic E-state index is 11.6. The molecule has 0 aliphatic carbocycles. The fraction of sp³-hybridized carbons (Fsp3) is 0.462. The van der Waals surface area contributed by atoms with E-state index in [1.807, 2.05) is 38.1 Å². The third kappa shape index (κ3) is 3.34. The number of benzene rings is 1. The van der Waals surface area contributed by atoms with Gasteiger partial charge in [0.25, 0.3) is 0 Å². The van der Waals surface area contributed by atoms with Crippen LogP contribution in [0.25, 0.3) is 0 Å². The highest BCUT2D eigenvalue weighted by molar-refractivity contribution is 9.10. The topological polar surface area (TPSA) is 26.3 Å². The van der Waals surface area contributed by atoms with E-state index in [-0.39, 0.29) is 17.8 Å². The number of carbonyl (C=O) groups excluding carboxylic acids is 1. The molecule has 0 N–H and O–H groups in total. The van der Waals surface area contributed by atoms with Crippen molar-refractivity contribution in [1.29, 1.82) is 0 Å². The third-order valence-corrected chi connectivity index (χ3v) is 3.48. The summed E-state index contributed by atoms with van der Waals surface area (Å²) in [5, 5.41) is 0. The van der Waals surface area contributed by atoms with Crippen molar-refractivity contribution in [3.63, 3.8) is 0 Å². The lowest BCUT2D eigenvalue weighted by atomic mass is 9.89. The van der Waals surface area contributed by atoms with Crippen molar-refractivity contribution in [2.75, 3.05) is 7.11 Å². The molecular weight excluding hydrogens is 268 g/mol. The quantitative estimate of drug-likeness (QED) is 0.792. The lowest BCUT2D eigenvalue weighted by Crippen LogP contribution is -2.24. The largest absolute Gasteiger partial charge is 0.469 e.